The normalized spacial score (nSPS) is 11.2. The van der Waals surface area contributed by atoms with Gasteiger partial charge in [0.2, 0.25) is 0 Å². The molecule has 1 N–H and O–H groups in total. The summed E-state index contributed by atoms with van der Waals surface area (Å²) in [5.74, 6) is -0.247. The van der Waals surface area contributed by atoms with Crippen LogP contribution in [0.25, 0.3) is 0 Å². The van der Waals surface area contributed by atoms with Gasteiger partial charge in [0.1, 0.15) is 5.69 Å². The highest BCUT2D eigenvalue weighted by molar-refractivity contribution is 7.92. The molecule has 0 bridgehead atoms. The van der Waals surface area contributed by atoms with Gasteiger partial charge in [-0.15, -0.1) is 11.3 Å². The summed E-state index contributed by atoms with van der Waals surface area (Å²) in [6.45, 7) is 3.74. The third-order valence-corrected chi connectivity index (χ3v) is 4.08. The van der Waals surface area contributed by atoms with Gasteiger partial charge in [0.15, 0.2) is 0 Å². The third kappa shape index (κ3) is 4.37. The Labute approximate surface area is 128 Å². The van der Waals surface area contributed by atoms with Crippen LogP contribution in [0.5, 0.6) is 0 Å². The Balaban J connectivity index is 2.24. The number of anilines is 1. The average Bonchev–Trinajstić information content (AvgIpc) is 2.66. The van der Waals surface area contributed by atoms with Crippen LogP contribution < -0.4 is 5.32 Å². The van der Waals surface area contributed by atoms with Crippen molar-refractivity contribution in [3.8, 4) is 0 Å². The molecule has 7 heteroatoms. The molecule has 112 valence electrons. The van der Waals surface area contributed by atoms with Crippen LogP contribution in [0.1, 0.15) is 20.4 Å². The van der Waals surface area contributed by atoms with Gasteiger partial charge >= 0.3 is 0 Å². The Morgan fingerprint density at radius 1 is 1.33 bits per heavy atom. The van der Waals surface area contributed by atoms with Crippen molar-refractivity contribution in [2.75, 3.05) is 17.8 Å². The zero-order chi connectivity index (χ0) is 15.6. The van der Waals surface area contributed by atoms with Crippen molar-refractivity contribution in [1.29, 1.82) is 0 Å². The maximum atomic E-state index is 12.2. The van der Waals surface area contributed by atoms with Gasteiger partial charge in [-0.2, -0.15) is 4.36 Å². The molecule has 2 rings (SSSR count). The number of benzene rings is 1. The lowest BCUT2D eigenvalue weighted by Crippen LogP contribution is -2.13. The van der Waals surface area contributed by atoms with Crippen LogP contribution in [0.4, 0.5) is 11.4 Å². The third-order valence-electron chi connectivity index (χ3n) is 2.55. The summed E-state index contributed by atoms with van der Waals surface area (Å²) in [5, 5.41) is 3.65. The highest BCUT2D eigenvalue weighted by Crippen LogP contribution is 2.21. The van der Waals surface area contributed by atoms with Crippen LogP contribution in [0.2, 0.25) is 0 Å². The lowest BCUT2D eigenvalue weighted by molar-refractivity contribution is 0.102. The molecule has 0 atom stereocenters. The molecule has 1 heterocycles. The first kappa shape index (κ1) is 15.7. The number of aromatic nitrogens is 1. The lowest BCUT2D eigenvalue weighted by Gasteiger charge is -2.05. The quantitative estimate of drug-likeness (QED) is 0.941. The smallest absolute Gasteiger partial charge is 0.275 e. The molecular weight excluding hydrogens is 306 g/mol. The molecule has 0 aliphatic carbocycles. The fourth-order valence-corrected chi connectivity index (χ4v) is 3.26. The van der Waals surface area contributed by atoms with Crippen molar-refractivity contribution >= 4 is 38.3 Å². The fraction of sp³-hybridized carbons (Fsp3) is 0.286. The number of nitrogens with one attached hydrogen (secondary N) is 1. The predicted octanol–water partition coefficient (Wildman–Crippen LogP) is 3.37. The van der Waals surface area contributed by atoms with Crippen molar-refractivity contribution in [2.45, 2.75) is 13.8 Å². The number of carbonyl (C=O) groups excluding carboxylic acids is 1. The predicted molar refractivity (Wildman–Crippen MR) is 88.1 cm³/mol. The monoisotopic (exact) mass is 323 g/mol. The first-order valence-electron chi connectivity index (χ1n) is 6.27. The molecule has 0 unspecified atom stereocenters. The van der Waals surface area contributed by atoms with Gasteiger partial charge in [0, 0.05) is 32.8 Å². The number of carbonyl (C=O) groups is 1. The number of rotatable bonds is 3. The SMILES string of the molecule is Cc1nc(C(=O)Nc2cccc(N=S(C)(C)=O)c2)c(C)s1. The van der Waals surface area contributed by atoms with E-state index in [9.17, 15) is 9.00 Å². The molecule has 0 spiro atoms. The van der Waals surface area contributed by atoms with Gasteiger partial charge in [0.05, 0.1) is 10.7 Å². The first-order chi connectivity index (χ1) is 9.74. The summed E-state index contributed by atoms with van der Waals surface area (Å²) in [4.78, 5) is 17.3. The van der Waals surface area contributed by atoms with E-state index in [1.807, 2.05) is 13.8 Å². The van der Waals surface area contributed by atoms with Crippen LogP contribution in [0.15, 0.2) is 28.6 Å². The Morgan fingerprint density at radius 3 is 2.62 bits per heavy atom. The van der Waals surface area contributed by atoms with Crippen molar-refractivity contribution in [1.82, 2.24) is 4.98 Å². The van der Waals surface area contributed by atoms with Crippen molar-refractivity contribution in [3.63, 3.8) is 0 Å². The van der Waals surface area contributed by atoms with E-state index in [4.69, 9.17) is 0 Å². The molecule has 1 aromatic heterocycles. The Kier molecular flexibility index (Phi) is 4.43. The average molecular weight is 323 g/mol. The number of thiazole rings is 1. The summed E-state index contributed by atoms with van der Waals surface area (Å²) < 4.78 is 15.8. The molecule has 0 saturated heterocycles. The first-order valence-corrected chi connectivity index (χ1v) is 9.42. The van der Waals surface area contributed by atoms with E-state index in [0.717, 1.165) is 9.88 Å². The number of aryl methyl sites for hydroxylation is 2. The number of hydrogen-bond donors (Lipinski definition) is 1. The molecule has 0 aliphatic rings. The summed E-state index contributed by atoms with van der Waals surface area (Å²) in [6.07, 6.45) is 3.14. The maximum Gasteiger partial charge on any atom is 0.275 e. The van der Waals surface area contributed by atoms with Crippen LogP contribution in [0.3, 0.4) is 0 Å². The largest absolute Gasteiger partial charge is 0.321 e. The molecule has 0 saturated carbocycles. The van der Waals surface area contributed by atoms with E-state index in [0.29, 0.717) is 17.1 Å². The molecule has 0 radical (unpaired) electrons. The maximum absolute atomic E-state index is 12.2. The topological polar surface area (TPSA) is 71.4 Å². The Bertz CT molecular complexity index is 794. The Morgan fingerprint density at radius 2 is 2.05 bits per heavy atom. The molecule has 2 aromatic rings. The second-order valence-corrected chi connectivity index (χ2v) is 8.87. The van der Waals surface area contributed by atoms with Crippen LogP contribution in [0, 0.1) is 13.8 Å². The molecular formula is C14H17N3O2S2. The second kappa shape index (κ2) is 5.95. The number of hydrogen-bond acceptors (Lipinski definition) is 5. The van der Waals surface area contributed by atoms with E-state index >= 15 is 0 Å². The van der Waals surface area contributed by atoms with E-state index < -0.39 is 9.73 Å². The molecule has 1 aromatic carbocycles. The summed E-state index contributed by atoms with van der Waals surface area (Å²) in [6, 6.07) is 6.97. The van der Waals surface area contributed by atoms with E-state index in [2.05, 4.69) is 14.7 Å². The van der Waals surface area contributed by atoms with Crippen molar-refractivity contribution < 1.29 is 9.00 Å². The summed E-state index contributed by atoms with van der Waals surface area (Å²) in [5.41, 5.74) is 1.62. The van der Waals surface area contributed by atoms with Gasteiger partial charge in [-0.05, 0) is 32.0 Å². The van der Waals surface area contributed by atoms with Gasteiger partial charge in [-0.25, -0.2) is 9.19 Å². The fourth-order valence-electron chi connectivity index (χ4n) is 1.82. The van der Waals surface area contributed by atoms with Crippen molar-refractivity contribution in [3.05, 3.63) is 39.8 Å². The van der Waals surface area contributed by atoms with Crippen molar-refractivity contribution in [2.24, 2.45) is 4.36 Å². The summed E-state index contributed by atoms with van der Waals surface area (Å²) >= 11 is 1.49. The molecule has 0 aliphatic heterocycles. The van der Waals surface area contributed by atoms with Gasteiger partial charge in [0.25, 0.3) is 5.91 Å². The molecule has 0 fully saturated rings. The van der Waals surface area contributed by atoms with Gasteiger partial charge in [-0.3, -0.25) is 4.79 Å². The van der Waals surface area contributed by atoms with Crippen LogP contribution in [-0.4, -0.2) is 27.6 Å². The summed E-state index contributed by atoms with van der Waals surface area (Å²) in [7, 11) is -2.23. The molecule has 5 nitrogen and oxygen atoms in total. The standard InChI is InChI=1S/C14H17N3O2S2/c1-9-13(15-10(2)20-9)14(18)16-11-6-5-7-12(8-11)17-21(3,4)19/h5-8H,1-4H3,(H,16,18). The minimum absolute atomic E-state index is 0.247. The molecule has 1 amide bonds. The lowest BCUT2D eigenvalue weighted by atomic mass is 10.2. The second-order valence-electron chi connectivity index (χ2n) is 4.91. The highest BCUT2D eigenvalue weighted by Gasteiger charge is 2.14. The van der Waals surface area contributed by atoms with E-state index in [-0.39, 0.29) is 5.91 Å². The zero-order valence-electron chi connectivity index (χ0n) is 12.3. The van der Waals surface area contributed by atoms with Gasteiger partial charge in [-0.1, -0.05) is 6.07 Å². The van der Waals surface area contributed by atoms with Crippen LogP contribution >= 0.6 is 11.3 Å². The van der Waals surface area contributed by atoms with E-state index in [1.165, 1.54) is 11.3 Å². The van der Waals surface area contributed by atoms with Gasteiger partial charge < -0.3 is 5.32 Å². The number of nitrogens with zero attached hydrogens (tertiary/aromatic N) is 2. The van der Waals surface area contributed by atoms with E-state index in [1.54, 1.807) is 36.8 Å². The minimum Gasteiger partial charge on any atom is -0.321 e. The van der Waals surface area contributed by atoms with Crippen LogP contribution in [-0.2, 0) is 9.73 Å². The Hall–Kier alpha value is -1.73. The highest BCUT2D eigenvalue weighted by atomic mass is 32.2. The minimum atomic E-state index is -2.23. The molecule has 21 heavy (non-hydrogen) atoms. The zero-order valence-corrected chi connectivity index (χ0v) is 14.0. The number of amides is 1.